The summed E-state index contributed by atoms with van der Waals surface area (Å²) in [5.74, 6) is 0.156. The lowest BCUT2D eigenvalue weighted by Gasteiger charge is -2.38. The Kier molecular flexibility index (Phi) is 4.01. The molecular formula is C18H21N5O2. The molecule has 1 amide bonds. The van der Waals surface area contributed by atoms with E-state index in [2.05, 4.69) is 15.4 Å². The summed E-state index contributed by atoms with van der Waals surface area (Å²) in [7, 11) is 1.89. The highest BCUT2D eigenvalue weighted by Gasteiger charge is 2.35. The smallest absolute Gasteiger partial charge is 0.256 e. The summed E-state index contributed by atoms with van der Waals surface area (Å²) in [6, 6.07) is 3.90. The second kappa shape index (κ2) is 6.33. The number of aromatic nitrogens is 4. The number of aliphatic hydroxyl groups is 1. The van der Waals surface area contributed by atoms with Crippen LogP contribution in [0.15, 0.2) is 43.1 Å². The molecule has 3 heterocycles. The van der Waals surface area contributed by atoms with E-state index in [9.17, 15) is 9.90 Å². The topological polar surface area (TPSA) is 84.5 Å². The number of fused-ring (bicyclic) bond motifs is 1. The molecule has 130 valence electrons. The summed E-state index contributed by atoms with van der Waals surface area (Å²) < 4.78 is 3.58. The van der Waals surface area contributed by atoms with Crippen molar-refractivity contribution in [2.45, 2.75) is 31.4 Å². The zero-order valence-corrected chi connectivity index (χ0v) is 14.0. The first-order chi connectivity index (χ1) is 12.1. The minimum absolute atomic E-state index is 0.0199. The number of aliphatic hydroxyl groups excluding tert-OH is 1. The third-order valence-electron chi connectivity index (χ3n) is 5.02. The first-order valence-electron chi connectivity index (χ1n) is 8.48. The van der Waals surface area contributed by atoms with Crippen LogP contribution in [-0.2, 0) is 13.5 Å². The molecule has 2 N–H and O–H groups in total. The van der Waals surface area contributed by atoms with Gasteiger partial charge in [0.05, 0.1) is 12.3 Å². The molecule has 25 heavy (non-hydrogen) atoms. The number of carbonyl (C=O) groups excluding carboxylic acids is 1. The standard InChI is InChI=1S/C18H21N5O2/c1-22-6-7-23-18(22)15(11-20-23)17(25)21-16(13-9-14(24)10-13)8-12-2-4-19-5-3-12/h2-7,11,13-14,16,24H,8-10H2,1H3,(H,21,25)/t13?,14?,16-/m1/s1. The molecule has 0 radical (unpaired) electrons. The average Bonchev–Trinajstić information content (AvgIpc) is 3.16. The molecule has 3 aromatic heterocycles. The van der Waals surface area contributed by atoms with Gasteiger partial charge in [0.25, 0.3) is 5.91 Å². The first kappa shape index (κ1) is 15.8. The molecule has 0 saturated heterocycles. The molecule has 1 fully saturated rings. The summed E-state index contributed by atoms with van der Waals surface area (Å²) in [5.41, 5.74) is 2.46. The maximum absolute atomic E-state index is 12.8. The summed E-state index contributed by atoms with van der Waals surface area (Å²) in [6.07, 6.45) is 10.7. The van der Waals surface area contributed by atoms with Crippen LogP contribution in [0.5, 0.6) is 0 Å². The highest BCUT2D eigenvalue weighted by Crippen LogP contribution is 2.32. The second-order valence-electron chi connectivity index (χ2n) is 6.76. The largest absolute Gasteiger partial charge is 0.393 e. The van der Waals surface area contributed by atoms with Gasteiger partial charge in [0.1, 0.15) is 11.2 Å². The Bertz CT molecular complexity index is 879. The number of imidazole rings is 1. The SMILES string of the molecule is Cn1ccn2ncc(C(=O)N[C@H](Cc3ccncc3)C3CC(O)C3)c12. The minimum Gasteiger partial charge on any atom is -0.393 e. The van der Waals surface area contributed by atoms with E-state index in [0.29, 0.717) is 5.56 Å². The van der Waals surface area contributed by atoms with Gasteiger partial charge in [-0.05, 0) is 42.9 Å². The lowest BCUT2D eigenvalue weighted by Crippen LogP contribution is -2.48. The summed E-state index contributed by atoms with van der Waals surface area (Å²) in [6.45, 7) is 0. The van der Waals surface area contributed by atoms with Crippen molar-refractivity contribution in [3.8, 4) is 0 Å². The van der Waals surface area contributed by atoms with Gasteiger partial charge in [-0.3, -0.25) is 9.78 Å². The first-order valence-corrected chi connectivity index (χ1v) is 8.48. The van der Waals surface area contributed by atoms with Gasteiger partial charge in [-0.15, -0.1) is 0 Å². The Labute approximate surface area is 145 Å². The van der Waals surface area contributed by atoms with E-state index < -0.39 is 0 Å². The van der Waals surface area contributed by atoms with E-state index in [1.54, 1.807) is 23.1 Å². The quantitative estimate of drug-likeness (QED) is 0.731. The molecular weight excluding hydrogens is 318 g/mol. The molecule has 0 spiro atoms. The number of amides is 1. The maximum atomic E-state index is 12.8. The molecule has 1 aliphatic rings. The summed E-state index contributed by atoms with van der Waals surface area (Å²) >= 11 is 0. The molecule has 7 heteroatoms. The van der Waals surface area contributed by atoms with Crippen molar-refractivity contribution in [1.82, 2.24) is 24.5 Å². The van der Waals surface area contributed by atoms with Crippen molar-refractivity contribution in [2.75, 3.05) is 0 Å². The molecule has 1 aliphatic carbocycles. The van der Waals surface area contributed by atoms with Crippen molar-refractivity contribution >= 4 is 11.6 Å². The number of aryl methyl sites for hydroxylation is 1. The third kappa shape index (κ3) is 3.02. The number of rotatable bonds is 5. The molecule has 7 nitrogen and oxygen atoms in total. The van der Waals surface area contributed by atoms with Gasteiger partial charge in [-0.2, -0.15) is 5.10 Å². The number of nitrogens with one attached hydrogen (secondary N) is 1. The van der Waals surface area contributed by atoms with Crippen LogP contribution in [0.25, 0.3) is 5.65 Å². The zero-order chi connectivity index (χ0) is 17.4. The van der Waals surface area contributed by atoms with Gasteiger partial charge in [0.2, 0.25) is 0 Å². The number of hydrogen-bond acceptors (Lipinski definition) is 4. The van der Waals surface area contributed by atoms with E-state index in [4.69, 9.17) is 0 Å². The normalized spacial score (nSPS) is 21.0. The van der Waals surface area contributed by atoms with Crippen LogP contribution < -0.4 is 5.32 Å². The monoisotopic (exact) mass is 339 g/mol. The highest BCUT2D eigenvalue weighted by molar-refractivity contribution is 6.00. The molecule has 1 atom stereocenters. The van der Waals surface area contributed by atoms with E-state index >= 15 is 0 Å². The zero-order valence-electron chi connectivity index (χ0n) is 14.0. The molecule has 0 bridgehead atoms. The van der Waals surface area contributed by atoms with Gasteiger partial charge in [-0.1, -0.05) is 0 Å². The minimum atomic E-state index is -0.252. The van der Waals surface area contributed by atoms with Crippen LogP contribution in [0.4, 0.5) is 0 Å². The molecule has 4 rings (SSSR count). The summed E-state index contributed by atoms with van der Waals surface area (Å²) in [5, 5.41) is 17.1. The molecule has 0 aliphatic heterocycles. The summed E-state index contributed by atoms with van der Waals surface area (Å²) in [4.78, 5) is 16.9. The van der Waals surface area contributed by atoms with Crippen molar-refractivity contribution in [2.24, 2.45) is 13.0 Å². The van der Waals surface area contributed by atoms with Crippen molar-refractivity contribution < 1.29 is 9.90 Å². The van der Waals surface area contributed by atoms with E-state index in [-0.39, 0.29) is 24.0 Å². The fraction of sp³-hybridized carbons (Fsp3) is 0.389. The third-order valence-corrected chi connectivity index (χ3v) is 5.02. The molecule has 0 unspecified atom stereocenters. The van der Waals surface area contributed by atoms with Crippen molar-refractivity contribution in [3.63, 3.8) is 0 Å². The molecule has 1 saturated carbocycles. The van der Waals surface area contributed by atoms with Crippen molar-refractivity contribution in [3.05, 3.63) is 54.2 Å². The average molecular weight is 339 g/mol. The van der Waals surface area contributed by atoms with E-state index in [0.717, 1.165) is 30.5 Å². The number of nitrogens with zero attached hydrogens (tertiary/aromatic N) is 4. The molecule has 0 aromatic carbocycles. The fourth-order valence-corrected chi connectivity index (χ4v) is 3.52. The maximum Gasteiger partial charge on any atom is 0.256 e. The van der Waals surface area contributed by atoms with Crippen molar-refractivity contribution in [1.29, 1.82) is 0 Å². The van der Waals surface area contributed by atoms with E-state index in [1.165, 1.54) is 0 Å². The van der Waals surface area contributed by atoms with Crippen LogP contribution in [0.3, 0.4) is 0 Å². The van der Waals surface area contributed by atoms with Gasteiger partial charge in [-0.25, -0.2) is 4.52 Å². The van der Waals surface area contributed by atoms with Crippen LogP contribution in [0.2, 0.25) is 0 Å². The predicted octanol–water partition coefficient (Wildman–Crippen LogP) is 1.18. The van der Waals surface area contributed by atoms with Gasteiger partial charge in [0, 0.05) is 37.9 Å². The fourth-order valence-electron chi connectivity index (χ4n) is 3.52. The lowest BCUT2D eigenvalue weighted by molar-refractivity contribution is 0.0239. The Morgan fingerprint density at radius 2 is 2.12 bits per heavy atom. The predicted molar refractivity (Wildman–Crippen MR) is 92.1 cm³/mol. The second-order valence-corrected chi connectivity index (χ2v) is 6.76. The van der Waals surface area contributed by atoms with Gasteiger partial charge in [0.15, 0.2) is 0 Å². The Morgan fingerprint density at radius 1 is 1.36 bits per heavy atom. The van der Waals surface area contributed by atoms with Gasteiger partial charge >= 0.3 is 0 Å². The van der Waals surface area contributed by atoms with Crippen LogP contribution in [-0.4, -0.2) is 42.3 Å². The number of pyridine rings is 1. The number of carbonyl (C=O) groups is 1. The molecule has 3 aromatic rings. The van der Waals surface area contributed by atoms with Crippen LogP contribution in [0, 0.1) is 5.92 Å². The van der Waals surface area contributed by atoms with Gasteiger partial charge < -0.3 is 15.0 Å². The Balaban J connectivity index is 1.55. The van der Waals surface area contributed by atoms with Crippen LogP contribution >= 0.6 is 0 Å². The lowest BCUT2D eigenvalue weighted by atomic mass is 9.75. The highest BCUT2D eigenvalue weighted by atomic mass is 16.3. The van der Waals surface area contributed by atoms with E-state index in [1.807, 2.05) is 36.1 Å². The number of hydrogen-bond donors (Lipinski definition) is 2. The van der Waals surface area contributed by atoms with Crippen LogP contribution in [0.1, 0.15) is 28.8 Å². The Hall–Kier alpha value is -2.67. The Morgan fingerprint density at radius 3 is 2.84 bits per heavy atom.